The SMILES string of the molecule is CC1=CC2CC3NC(CC4NC(CC5NC(C=C5C)CC1N2)C(C)C4CCC(=O)O)C(CCC(=O)O)=C3C.Cl.Cl. The highest BCUT2D eigenvalue weighted by Crippen LogP contribution is 2.39. The first-order valence-electron chi connectivity index (χ1n) is 14.6. The van der Waals surface area contributed by atoms with Crippen LogP contribution in [0.3, 0.4) is 0 Å². The van der Waals surface area contributed by atoms with Gasteiger partial charge < -0.3 is 31.5 Å². The fourth-order valence-corrected chi connectivity index (χ4v) is 8.07. The average molecular weight is 600 g/mol. The minimum absolute atomic E-state index is 0. The molecule has 8 nitrogen and oxygen atoms in total. The van der Waals surface area contributed by atoms with E-state index in [9.17, 15) is 19.8 Å². The van der Waals surface area contributed by atoms with Crippen molar-refractivity contribution < 1.29 is 19.8 Å². The first kappa shape index (κ1) is 33.1. The normalized spacial score (nSPS) is 38.8. The summed E-state index contributed by atoms with van der Waals surface area (Å²) in [6.07, 6.45) is 10.2. The molecule has 0 amide bonds. The smallest absolute Gasteiger partial charge is 0.303 e. The maximum absolute atomic E-state index is 11.5. The first-order valence-corrected chi connectivity index (χ1v) is 14.6. The minimum Gasteiger partial charge on any atom is -0.481 e. The second-order valence-corrected chi connectivity index (χ2v) is 12.6. The van der Waals surface area contributed by atoms with Gasteiger partial charge in [0.2, 0.25) is 0 Å². The predicted molar refractivity (Wildman–Crippen MR) is 162 cm³/mol. The zero-order chi connectivity index (χ0) is 27.1. The molecule has 0 aromatic rings. The lowest BCUT2D eigenvalue weighted by atomic mass is 9.80. The molecule has 0 aromatic carbocycles. The van der Waals surface area contributed by atoms with E-state index >= 15 is 0 Å². The van der Waals surface area contributed by atoms with Gasteiger partial charge in [0.1, 0.15) is 0 Å². The number of hydrogen-bond acceptors (Lipinski definition) is 6. The van der Waals surface area contributed by atoms with E-state index in [0.29, 0.717) is 49.0 Å². The van der Waals surface area contributed by atoms with Crippen LogP contribution in [-0.2, 0) is 9.59 Å². The van der Waals surface area contributed by atoms with Crippen LogP contribution in [0.4, 0.5) is 0 Å². The molecule has 2 saturated heterocycles. The topological polar surface area (TPSA) is 123 Å². The highest BCUT2D eigenvalue weighted by molar-refractivity contribution is 5.85. The Bertz CT molecular complexity index is 1050. The van der Waals surface area contributed by atoms with Crippen molar-refractivity contribution in [3.05, 3.63) is 34.4 Å². The van der Waals surface area contributed by atoms with Gasteiger partial charge in [-0.15, -0.1) is 24.8 Å². The Kier molecular flexibility index (Phi) is 11.3. The van der Waals surface area contributed by atoms with E-state index in [1.807, 2.05) is 0 Å². The summed E-state index contributed by atoms with van der Waals surface area (Å²) in [7, 11) is 0. The lowest BCUT2D eigenvalue weighted by Crippen LogP contribution is -2.45. The second-order valence-electron chi connectivity index (χ2n) is 12.6. The quantitative estimate of drug-likeness (QED) is 0.254. The summed E-state index contributed by atoms with van der Waals surface area (Å²) in [6.45, 7) is 8.95. The third kappa shape index (κ3) is 7.13. The summed E-state index contributed by atoms with van der Waals surface area (Å²) >= 11 is 0. The number of nitrogens with one attached hydrogen (secondary N) is 4. The second kappa shape index (κ2) is 13.7. The molecule has 10 atom stereocenters. The number of fused-ring (bicyclic) bond motifs is 8. The molecule has 0 radical (unpaired) electrons. The van der Waals surface area contributed by atoms with Gasteiger partial charge in [0, 0.05) is 61.2 Å². The van der Waals surface area contributed by atoms with E-state index in [0.717, 1.165) is 25.7 Å². The van der Waals surface area contributed by atoms with Crippen LogP contribution in [-0.4, -0.2) is 70.5 Å². The molecule has 0 saturated carbocycles. The Morgan fingerprint density at radius 2 is 1.30 bits per heavy atom. The van der Waals surface area contributed by atoms with Gasteiger partial charge in [0.25, 0.3) is 0 Å². The third-order valence-corrected chi connectivity index (χ3v) is 10.2. The molecule has 226 valence electrons. The predicted octanol–water partition coefficient (Wildman–Crippen LogP) is 3.96. The molecule has 6 N–H and O–H groups in total. The average Bonchev–Trinajstić information content (AvgIpc) is 3.53. The molecule has 5 aliphatic heterocycles. The van der Waals surface area contributed by atoms with Gasteiger partial charge in [0.15, 0.2) is 0 Å². The van der Waals surface area contributed by atoms with Crippen molar-refractivity contribution in [1.29, 1.82) is 0 Å². The summed E-state index contributed by atoms with van der Waals surface area (Å²) in [6, 6.07) is 2.15. The highest BCUT2D eigenvalue weighted by atomic mass is 35.5. The van der Waals surface area contributed by atoms with Gasteiger partial charge in [-0.05, 0) is 71.1 Å². The number of carboxylic acids is 2. The standard InChI is InChI=1S/C30H46N4O4.2ClH/c1-15-9-20-12-25-17(3)21(5-7-29(35)36)27(33-25)14-28-22(6-8-30(37)38)18(4)26(34-28)13-24-16(2)10-19(32-24)11-23(15)31-20;;/h9-10,18-20,22-28,31-34H,5-8,11-14H2,1-4H3,(H,35,36)(H,37,38);2*1H. The summed E-state index contributed by atoms with van der Waals surface area (Å²) in [4.78, 5) is 23.0. The Morgan fingerprint density at radius 1 is 0.750 bits per heavy atom. The molecule has 5 aliphatic rings. The van der Waals surface area contributed by atoms with Gasteiger partial charge >= 0.3 is 11.9 Å². The van der Waals surface area contributed by atoms with Crippen LogP contribution >= 0.6 is 24.8 Å². The molecule has 0 aliphatic carbocycles. The zero-order valence-corrected chi connectivity index (χ0v) is 25.7. The fourth-order valence-electron chi connectivity index (χ4n) is 8.07. The summed E-state index contributed by atoms with van der Waals surface area (Å²) in [5.74, 6) is -0.850. The number of hydrogen-bond donors (Lipinski definition) is 6. The lowest BCUT2D eigenvalue weighted by Gasteiger charge is -2.27. The van der Waals surface area contributed by atoms with E-state index in [2.05, 4.69) is 61.1 Å². The van der Waals surface area contributed by atoms with E-state index in [-0.39, 0.29) is 61.7 Å². The van der Waals surface area contributed by atoms with Gasteiger partial charge in [-0.25, -0.2) is 0 Å². The Hall–Kier alpha value is -1.42. The summed E-state index contributed by atoms with van der Waals surface area (Å²) < 4.78 is 0. The maximum Gasteiger partial charge on any atom is 0.303 e. The molecule has 8 bridgehead atoms. The first-order chi connectivity index (χ1) is 18.1. The molecule has 5 heterocycles. The maximum atomic E-state index is 11.5. The Morgan fingerprint density at radius 3 is 1.90 bits per heavy atom. The molecule has 40 heavy (non-hydrogen) atoms. The molecular formula is C30H48Cl2N4O4. The number of halogens is 2. The van der Waals surface area contributed by atoms with Crippen LogP contribution in [0, 0.1) is 11.8 Å². The van der Waals surface area contributed by atoms with Crippen molar-refractivity contribution in [3.63, 3.8) is 0 Å². The largest absolute Gasteiger partial charge is 0.481 e. The van der Waals surface area contributed by atoms with Gasteiger partial charge in [-0.2, -0.15) is 0 Å². The van der Waals surface area contributed by atoms with Crippen LogP contribution in [0.25, 0.3) is 0 Å². The number of carboxylic acid groups (broad SMARTS) is 2. The van der Waals surface area contributed by atoms with Crippen LogP contribution < -0.4 is 21.3 Å². The molecule has 10 unspecified atom stereocenters. The highest BCUT2D eigenvalue weighted by Gasteiger charge is 2.44. The summed E-state index contributed by atoms with van der Waals surface area (Å²) in [5, 5.41) is 34.5. The fraction of sp³-hybridized carbons (Fsp3) is 0.733. The molecule has 2 fully saturated rings. The van der Waals surface area contributed by atoms with Crippen LogP contribution in [0.2, 0.25) is 0 Å². The molecular weight excluding hydrogens is 551 g/mol. The van der Waals surface area contributed by atoms with Crippen molar-refractivity contribution in [1.82, 2.24) is 21.3 Å². The molecule has 10 heteroatoms. The molecule has 0 aromatic heterocycles. The third-order valence-electron chi connectivity index (χ3n) is 10.2. The van der Waals surface area contributed by atoms with Gasteiger partial charge in [-0.3, -0.25) is 9.59 Å². The lowest BCUT2D eigenvalue weighted by molar-refractivity contribution is -0.138. The van der Waals surface area contributed by atoms with E-state index < -0.39 is 11.9 Å². The molecule has 0 spiro atoms. The van der Waals surface area contributed by atoms with Crippen molar-refractivity contribution in [2.24, 2.45) is 11.8 Å². The Labute approximate surface area is 251 Å². The number of carbonyl (C=O) groups is 2. The van der Waals surface area contributed by atoms with Gasteiger partial charge in [-0.1, -0.05) is 41.4 Å². The van der Waals surface area contributed by atoms with Crippen LogP contribution in [0.15, 0.2) is 34.4 Å². The van der Waals surface area contributed by atoms with E-state index in [1.165, 1.54) is 22.3 Å². The van der Waals surface area contributed by atoms with Crippen LogP contribution in [0.1, 0.15) is 79.1 Å². The number of aliphatic carboxylic acids is 2. The summed E-state index contributed by atoms with van der Waals surface area (Å²) in [5.41, 5.74) is 5.35. The van der Waals surface area contributed by atoms with E-state index in [1.54, 1.807) is 0 Å². The van der Waals surface area contributed by atoms with E-state index in [4.69, 9.17) is 0 Å². The van der Waals surface area contributed by atoms with Crippen LogP contribution in [0.5, 0.6) is 0 Å². The van der Waals surface area contributed by atoms with Crippen molar-refractivity contribution >= 4 is 36.8 Å². The molecule has 5 rings (SSSR count). The van der Waals surface area contributed by atoms with Crippen molar-refractivity contribution in [2.45, 2.75) is 127 Å². The van der Waals surface area contributed by atoms with Gasteiger partial charge in [0.05, 0.1) is 0 Å². The monoisotopic (exact) mass is 598 g/mol. The minimum atomic E-state index is -0.761. The van der Waals surface area contributed by atoms with Crippen molar-refractivity contribution in [2.75, 3.05) is 0 Å². The van der Waals surface area contributed by atoms with Crippen molar-refractivity contribution in [3.8, 4) is 0 Å². The Balaban J connectivity index is 0.00000220. The number of rotatable bonds is 6. The zero-order valence-electron chi connectivity index (χ0n) is 24.1.